The normalized spacial score (nSPS) is 15.9. The van der Waals surface area contributed by atoms with Gasteiger partial charge >= 0.3 is 12.4 Å². The van der Waals surface area contributed by atoms with Crippen molar-refractivity contribution in [2.75, 3.05) is 24.6 Å². The molecule has 1 aliphatic rings. The number of anilines is 1. The number of carbonyl (C=O) groups excluding carboxylic acids is 1. The lowest BCUT2D eigenvalue weighted by molar-refractivity contribution is -0.255. The predicted octanol–water partition coefficient (Wildman–Crippen LogP) is 3.49. The third-order valence-electron chi connectivity index (χ3n) is 6.62. The number of aliphatic hydroxyl groups is 2. The summed E-state index contributed by atoms with van der Waals surface area (Å²) in [6.07, 6.45) is -12.3. The van der Waals surface area contributed by atoms with Gasteiger partial charge in [0.1, 0.15) is 22.9 Å². The summed E-state index contributed by atoms with van der Waals surface area (Å²) in [6, 6.07) is -2.49. The fourth-order valence-electron chi connectivity index (χ4n) is 4.41. The Morgan fingerprint density at radius 2 is 1.55 bits per heavy atom. The first-order valence-electron chi connectivity index (χ1n) is 11.8. The molecule has 1 aliphatic heterocycles. The van der Waals surface area contributed by atoms with Crippen LogP contribution in [0.1, 0.15) is 23.2 Å². The van der Waals surface area contributed by atoms with Crippen molar-refractivity contribution in [2.45, 2.75) is 36.8 Å². The topological polar surface area (TPSA) is 108 Å². The van der Waals surface area contributed by atoms with Crippen LogP contribution in [0.4, 0.5) is 49.7 Å². The number of halogens is 10. The minimum atomic E-state index is -6.14. The molecular formula is C24H18F10N4O4. The quantitative estimate of drug-likeness (QED) is 0.300. The highest BCUT2D eigenvalue weighted by molar-refractivity contribution is 5.98. The molecule has 3 heterocycles. The molecule has 0 unspecified atom stereocenters. The lowest BCUT2D eigenvalue weighted by atomic mass is 9.92. The van der Waals surface area contributed by atoms with E-state index in [4.69, 9.17) is 0 Å². The molecule has 4 rings (SSSR count). The van der Waals surface area contributed by atoms with Crippen molar-refractivity contribution in [3.63, 3.8) is 0 Å². The van der Waals surface area contributed by atoms with Crippen molar-refractivity contribution in [1.82, 2.24) is 14.9 Å². The molecule has 1 saturated heterocycles. The zero-order valence-electron chi connectivity index (χ0n) is 20.8. The summed E-state index contributed by atoms with van der Waals surface area (Å²) in [6.45, 7) is -0.523. The first-order valence-corrected chi connectivity index (χ1v) is 11.8. The number of hydrogen-bond donors (Lipinski definition) is 3. The van der Waals surface area contributed by atoms with Gasteiger partial charge in [0.15, 0.2) is 17.3 Å². The van der Waals surface area contributed by atoms with E-state index in [0.29, 0.717) is 5.32 Å². The van der Waals surface area contributed by atoms with Gasteiger partial charge in [-0.15, -0.1) is 0 Å². The molecule has 8 nitrogen and oxygen atoms in total. The molecule has 1 fully saturated rings. The minimum absolute atomic E-state index is 0.00425. The molecule has 1 aromatic carbocycles. The highest BCUT2D eigenvalue weighted by Crippen LogP contribution is 2.34. The summed E-state index contributed by atoms with van der Waals surface area (Å²) >= 11 is 0. The van der Waals surface area contributed by atoms with Gasteiger partial charge in [0, 0.05) is 25.2 Å². The second kappa shape index (κ2) is 10.7. The van der Waals surface area contributed by atoms with Crippen molar-refractivity contribution in [1.29, 1.82) is 0 Å². The van der Waals surface area contributed by atoms with E-state index < -0.39 is 87.6 Å². The molecule has 1 amide bonds. The van der Waals surface area contributed by atoms with E-state index in [1.807, 2.05) is 0 Å². The number of pyridine rings is 2. The number of aliphatic hydroxyl groups excluding tert-OH is 1. The number of alkyl halides is 6. The van der Waals surface area contributed by atoms with Gasteiger partial charge in [0.05, 0.1) is 17.6 Å². The Bertz CT molecular complexity index is 1560. The lowest BCUT2D eigenvalue weighted by Crippen LogP contribution is -2.55. The van der Waals surface area contributed by atoms with E-state index in [2.05, 4.69) is 4.98 Å². The minimum Gasteiger partial charge on any atom is -0.393 e. The summed E-state index contributed by atoms with van der Waals surface area (Å²) in [5.74, 6) is -10.1. The van der Waals surface area contributed by atoms with Gasteiger partial charge in [-0.2, -0.15) is 30.7 Å². The molecule has 0 saturated carbocycles. The first-order chi connectivity index (χ1) is 19.4. The summed E-state index contributed by atoms with van der Waals surface area (Å²) in [7, 11) is 0. The average Bonchev–Trinajstić information content (AvgIpc) is 2.87. The molecule has 0 aliphatic carbocycles. The Labute approximate surface area is 227 Å². The van der Waals surface area contributed by atoms with Crippen LogP contribution < -0.4 is 15.6 Å². The van der Waals surface area contributed by atoms with Gasteiger partial charge in [-0.05, 0) is 25.0 Å². The summed E-state index contributed by atoms with van der Waals surface area (Å²) in [4.78, 5) is 31.1. The van der Waals surface area contributed by atoms with Crippen LogP contribution in [0.15, 0.2) is 29.1 Å². The summed E-state index contributed by atoms with van der Waals surface area (Å²) in [5.41, 5.74) is -7.59. The number of nitrogens with one attached hydrogen (secondary N) is 1. The van der Waals surface area contributed by atoms with Crippen LogP contribution in [0.25, 0.3) is 16.7 Å². The van der Waals surface area contributed by atoms with Crippen molar-refractivity contribution >= 4 is 22.8 Å². The monoisotopic (exact) mass is 616 g/mol. The first kappa shape index (κ1) is 31.0. The Morgan fingerprint density at radius 1 is 1.00 bits per heavy atom. The molecule has 3 aromatic rings. The number of benzene rings is 1. The maximum absolute atomic E-state index is 15.8. The fraction of sp³-hybridized carbons (Fsp3) is 0.375. The van der Waals surface area contributed by atoms with Crippen LogP contribution in [0, 0.1) is 23.4 Å². The number of rotatable bonds is 5. The van der Waals surface area contributed by atoms with E-state index in [1.165, 1.54) is 4.90 Å². The average molecular weight is 616 g/mol. The Morgan fingerprint density at radius 3 is 2.05 bits per heavy atom. The summed E-state index contributed by atoms with van der Waals surface area (Å²) < 4.78 is 137. The second-order valence-corrected chi connectivity index (χ2v) is 9.45. The smallest absolute Gasteiger partial charge is 0.393 e. The molecule has 0 radical (unpaired) electrons. The number of carbonyl (C=O) groups is 1. The molecule has 3 N–H and O–H groups in total. The largest absolute Gasteiger partial charge is 0.417 e. The van der Waals surface area contributed by atoms with Crippen LogP contribution in [0.5, 0.6) is 0 Å². The standard InChI is InChI=1S/C24H18F10N4O4/c25-10-7-12(26)16(13(27)8-10)38-18(28)15(20(41)36-21(23(29,30)31)24(32,33)34)17(40)11-1-2-14(35-19(11)38)37-5-3-22(42,9-39)4-6-37/h1-2,7-8,21,39,42H,3-6,9H2,(H,36,41). The Balaban J connectivity index is 1.96. The fourth-order valence-corrected chi connectivity index (χ4v) is 4.41. The number of hydrogen-bond acceptors (Lipinski definition) is 6. The number of fused-ring (bicyclic) bond motifs is 1. The van der Waals surface area contributed by atoms with Crippen LogP contribution in [-0.2, 0) is 0 Å². The maximum Gasteiger partial charge on any atom is 0.417 e. The van der Waals surface area contributed by atoms with Crippen LogP contribution in [-0.4, -0.2) is 69.4 Å². The van der Waals surface area contributed by atoms with Crippen molar-refractivity contribution < 1.29 is 58.9 Å². The Hall–Kier alpha value is -3.93. The number of aromatic nitrogens is 2. The Kier molecular flexibility index (Phi) is 7.92. The number of piperidine rings is 1. The van der Waals surface area contributed by atoms with Crippen LogP contribution in [0.2, 0.25) is 0 Å². The van der Waals surface area contributed by atoms with Gasteiger partial charge in [0.25, 0.3) is 5.91 Å². The molecular weight excluding hydrogens is 598 g/mol. The predicted molar refractivity (Wildman–Crippen MR) is 124 cm³/mol. The third kappa shape index (κ3) is 5.72. The zero-order valence-corrected chi connectivity index (χ0v) is 20.8. The molecule has 228 valence electrons. The maximum atomic E-state index is 15.8. The molecule has 2 aromatic heterocycles. The highest BCUT2D eigenvalue weighted by Gasteiger charge is 2.58. The van der Waals surface area contributed by atoms with Gasteiger partial charge in [-0.1, -0.05) is 0 Å². The SMILES string of the molecule is O=C(NC(C(F)(F)F)C(F)(F)F)c1c(F)n(-c2c(F)cc(F)cc2F)c2nc(N3CCC(O)(CO)CC3)ccc2c1=O. The zero-order chi connectivity index (χ0) is 31.4. The van der Waals surface area contributed by atoms with E-state index >= 15 is 4.39 Å². The molecule has 42 heavy (non-hydrogen) atoms. The van der Waals surface area contributed by atoms with Gasteiger partial charge in [-0.25, -0.2) is 18.2 Å². The third-order valence-corrected chi connectivity index (χ3v) is 6.62. The second-order valence-electron chi connectivity index (χ2n) is 9.45. The summed E-state index contributed by atoms with van der Waals surface area (Å²) in [5, 5.41) is 19.2. The van der Waals surface area contributed by atoms with Crippen LogP contribution in [0.3, 0.4) is 0 Å². The molecule has 0 spiro atoms. The van der Waals surface area contributed by atoms with Crippen molar-refractivity contribution in [3.8, 4) is 5.69 Å². The lowest BCUT2D eigenvalue weighted by Gasteiger charge is -2.37. The molecule has 0 bridgehead atoms. The van der Waals surface area contributed by atoms with Gasteiger partial charge in [0.2, 0.25) is 17.4 Å². The van der Waals surface area contributed by atoms with Crippen LogP contribution >= 0.6 is 0 Å². The molecule has 18 heteroatoms. The van der Waals surface area contributed by atoms with E-state index in [-0.39, 0.29) is 48.4 Å². The molecule has 0 atom stereocenters. The van der Waals surface area contributed by atoms with Gasteiger partial charge < -0.3 is 20.4 Å². The van der Waals surface area contributed by atoms with E-state index in [0.717, 1.165) is 12.1 Å². The van der Waals surface area contributed by atoms with Crippen molar-refractivity contribution in [3.05, 3.63) is 63.5 Å². The number of amides is 1. The van der Waals surface area contributed by atoms with E-state index in [9.17, 15) is 59.3 Å². The highest BCUT2D eigenvalue weighted by atomic mass is 19.4. The van der Waals surface area contributed by atoms with Gasteiger partial charge in [-0.3, -0.25) is 14.2 Å². The number of nitrogens with zero attached hydrogens (tertiary/aromatic N) is 3. The van der Waals surface area contributed by atoms with Crippen molar-refractivity contribution in [2.24, 2.45) is 0 Å². The van der Waals surface area contributed by atoms with E-state index in [1.54, 1.807) is 0 Å².